The smallest absolute Gasteiger partial charge is 0.243 e. The fourth-order valence-corrected chi connectivity index (χ4v) is 2.98. The maximum absolute atomic E-state index is 12.2. The highest BCUT2D eigenvalue weighted by molar-refractivity contribution is 5.95. The van der Waals surface area contributed by atoms with Crippen LogP contribution >= 0.6 is 0 Å². The Labute approximate surface area is 132 Å². The minimum absolute atomic E-state index is 0.0722. The van der Waals surface area contributed by atoms with Gasteiger partial charge in [0.2, 0.25) is 11.8 Å². The van der Waals surface area contributed by atoms with Gasteiger partial charge in [0.25, 0.3) is 0 Å². The van der Waals surface area contributed by atoms with Crippen molar-refractivity contribution in [2.24, 2.45) is 5.92 Å². The van der Waals surface area contributed by atoms with E-state index in [0.29, 0.717) is 12.3 Å². The quantitative estimate of drug-likeness (QED) is 0.907. The molecule has 1 aliphatic rings. The van der Waals surface area contributed by atoms with E-state index < -0.39 is 0 Å². The molecule has 0 bridgehead atoms. The number of amides is 2. The Morgan fingerprint density at radius 3 is 2.59 bits per heavy atom. The van der Waals surface area contributed by atoms with Gasteiger partial charge in [-0.1, -0.05) is 25.0 Å². The van der Waals surface area contributed by atoms with Crippen LogP contribution < -0.4 is 5.32 Å². The molecule has 1 N–H and O–H groups in total. The van der Waals surface area contributed by atoms with Gasteiger partial charge in [0.1, 0.15) is 0 Å². The Morgan fingerprint density at radius 1 is 1.23 bits per heavy atom. The van der Waals surface area contributed by atoms with Crippen molar-refractivity contribution in [3.05, 3.63) is 29.3 Å². The van der Waals surface area contributed by atoms with Gasteiger partial charge in [0.15, 0.2) is 0 Å². The van der Waals surface area contributed by atoms with E-state index >= 15 is 0 Å². The summed E-state index contributed by atoms with van der Waals surface area (Å²) in [7, 11) is 1.71. The van der Waals surface area contributed by atoms with Crippen LogP contribution in [0, 0.1) is 19.8 Å². The number of nitrogens with one attached hydrogen (secondary N) is 1. The third-order valence-electron chi connectivity index (χ3n) is 4.41. The maximum atomic E-state index is 12.2. The van der Waals surface area contributed by atoms with Crippen molar-refractivity contribution in [3.8, 4) is 0 Å². The molecule has 2 amide bonds. The maximum Gasteiger partial charge on any atom is 0.243 e. The van der Waals surface area contributed by atoms with E-state index in [4.69, 9.17) is 0 Å². The zero-order valence-electron chi connectivity index (χ0n) is 13.8. The van der Waals surface area contributed by atoms with Gasteiger partial charge in [-0.25, -0.2) is 0 Å². The van der Waals surface area contributed by atoms with Gasteiger partial charge >= 0.3 is 0 Å². The Kier molecular flexibility index (Phi) is 5.58. The number of anilines is 1. The van der Waals surface area contributed by atoms with Crippen LogP contribution in [-0.2, 0) is 9.59 Å². The molecule has 120 valence electrons. The molecule has 0 unspecified atom stereocenters. The van der Waals surface area contributed by atoms with Gasteiger partial charge in [-0.05, 0) is 49.8 Å². The number of nitrogens with zero attached hydrogens (tertiary/aromatic N) is 1. The molecule has 1 saturated carbocycles. The molecule has 0 aliphatic heterocycles. The minimum Gasteiger partial charge on any atom is -0.336 e. The SMILES string of the molecule is Cc1ccc(C)c(NC(=O)CN(C)C(=O)CC2CCCC2)c1. The van der Waals surface area contributed by atoms with Gasteiger partial charge in [0.05, 0.1) is 6.54 Å². The van der Waals surface area contributed by atoms with E-state index in [9.17, 15) is 9.59 Å². The van der Waals surface area contributed by atoms with Crippen molar-refractivity contribution < 1.29 is 9.59 Å². The molecule has 4 nitrogen and oxygen atoms in total. The summed E-state index contributed by atoms with van der Waals surface area (Å²) in [6.07, 6.45) is 5.33. The van der Waals surface area contributed by atoms with E-state index in [1.54, 1.807) is 11.9 Å². The van der Waals surface area contributed by atoms with E-state index in [2.05, 4.69) is 5.32 Å². The van der Waals surface area contributed by atoms with Crippen LogP contribution in [0.4, 0.5) is 5.69 Å². The average molecular weight is 302 g/mol. The Bertz CT molecular complexity index is 548. The molecule has 22 heavy (non-hydrogen) atoms. The molecule has 0 spiro atoms. The number of carbonyl (C=O) groups is 2. The molecule has 1 fully saturated rings. The second kappa shape index (κ2) is 7.43. The number of rotatable bonds is 5. The third kappa shape index (κ3) is 4.58. The molecule has 0 aromatic heterocycles. The number of hydrogen-bond acceptors (Lipinski definition) is 2. The Morgan fingerprint density at radius 2 is 1.91 bits per heavy atom. The van der Waals surface area contributed by atoms with Crippen molar-refractivity contribution in [3.63, 3.8) is 0 Å². The first-order valence-electron chi connectivity index (χ1n) is 8.07. The summed E-state index contributed by atoms with van der Waals surface area (Å²) in [5, 5.41) is 2.90. The first-order valence-corrected chi connectivity index (χ1v) is 8.07. The van der Waals surface area contributed by atoms with Gasteiger partial charge in [0, 0.05) is 19.2 Å². The summed E-state index contributed by atoms with van der Waals surface area (Å²) < 4.78 is 0. The molecule has 2 rings (SSSR count). The van der Waals surface area contributed by atoms with Crippen LogP contribution in [0.3, 0.4) is 0 Å². The second-order valence-electron chi connectivity index (χ2n) is 6.47. The molecule has 0 heterocycles. The van der Waals surface area contributed by atoms with Gasteiger partial charge in [-0.15, -0.1) is 0 Å². The minimum atomic E-state index is -0.143. The summed E-state index contributed by atoms with van der Waals surface area (Å²) >= 11 is 0. The topological polar surface area (TPSA) is 49.4 Å². The molecule has 0 atom stereocenters. The van der Waals surface area contributed by atoms with Gasteiger partial charge in [-0.3, -0.25) is 9.59 Å². The molecule has 1 aromatic carbocycles. The van der Waals surface area contributed by atoms with E-state index in [-0.39, 0.29) is 18.4 Å². The van der Waals surface area contributed by atoms with Crippen LogP contribution in [0.2, 0.25) is 0 Å². The summed E-state index contributed by atoms with van der Waals surface area (Å²) in [6.45, 7) is 4.06. The number of benzene rings is 1. The Balaban J connectivity index is 1.85. The summed E-state index contributed by atoms with van der Waals surface area (Å²) in [5.41, 5.74) is 2.95. The standard InChI is InChI=1S/C18H26N2O2/c1-13-8-9-14(2)16(10-13)19-17(21)12-20(3)18(22)11-15-6-4-5-7-15/h8-10,15H,4-7,11-12H2,1-3H3,(H,19,21). The lowest BCUT2D eigenvalue weighted by Gasteiger charge is -2.19. The lowest BCUT2D eigenvalue weighted by Crippen LogP contribution is -2.35. The van der Waals surface area contributed by atoms with Crippen molar-refractivity contribution in [1.29, 1.82) is 0 Å². The average Bonchev–Trinajstić information content (AvgIpc) is 2.95. The largest absolute Gasteiger partial charge is 0.336 e. The fraction of sp³-hybridized carbons (Fsp3) is 0.556. The lowest BCUT2D eigenvalue weighted by atomic mass is 10.0. The first-order chi connectivity index (χ1) is 10.5. The number of aryl methyl sites for hydroxylation is 2. The number of carbonyl (C=O) groups excluding carboxylic acids is 2. The molecule has 0 radical (unpaired) electrons. The summed E-state index contributed by atoms with van der Waals surface area (Å²) in [4.78, 5) is 25.8. The highest BCUT2D eigenvalue weighted by atomic mass is 16.2. The lowest BCUT2D eigenvalue weighted by molar-refractivity contribution is -0.134. The monoisotopic (exact) mass is 302 g/mol. The van der Waals surface area contributed by atoms with Gasteiger partial charge < -0.3 is 10.2 Å². The van der Waals surface area contributed by atoms with Crippen LogP contribution in [0.15, 0.2) is 18.2 Å². The number of likely N-dealkylation sites (N-methyl/N-ethyl adjacent to an activating group) is 1. The van der Waals surface area contributed by atoms with Crippen molar-refractivity contribution >= 4 is 17.5 Å². The zero-order chi connectivity index (χ0) is 16.1. The van der Waals surface area contributed by atoms with Crippen molar-refractivity contribution in [2.45, 2.75) is 46.0 Å². The predicted molar refractivity (Wildman–Crippen MR) is 88.8 cm³/mol. The molecule has 1 aliphatic carbocycles. The molecular weight excluding hydrogens is 276 g/mol. The highest BCUT2D eigenvalue weighted by Gasteiger charge is 2.21. The van der Waals surface area contributed by atoms with Crippen molar-refractivity contribution in [2.75, 3.05) is 18.9 Å². The molecule has 0 saturated heterocycles. The molecule has 1 aromatic rings. The van der Waals surface area contributed by atoms with Crippen LogP contribution in [-0.4, -0.2) is 30.3 Å². The van der Waals surface area contributed by atoms with Gasteiger partial charge in [-0.2, -0.15) is 0 Å². The molecular formula is C18H26N2O2. The van der Waals surface area contributed by atoms with Crippen molar-refractivity contribution in [1.82, 2.24) is 4.90 Å². The van der Waals surface area contributed by atoms with Crippen LogP contribution in [0.25, 0.3) is 0 Å². The first kappa shape index (κ1) is 16.5. The highest BCUT2D eigenvalue weighted by Crippen LogP contribution is 2.27. The zero-order valence-corrected chi connectivity index (χ0v) is 13.8. The second-order valence-corrected chi connectivity index (χ2v) is 6.47. The van der Waals surface area contributed by atoms with Crippen LogP contribution in [0.5, 0.6) is 0 Å². The normalized spacial score (nSPS) is 14.9. The van der Waals surface area contributed by atoms with E-state index in [1.165, 1.54) is 12.8 Å². The summed E-state index contributed by atoms with van der Waals surface area (Å²) in [6, 6.07) is 5.95. The fourth-order valence-electron chi connectivity index (χ4n) is 2.98. The van der Waals surface area contributed by atoms with Crippen LogP contribution in [0.1, 0.15) is 43.2 Å². The number of hydrogen-bond donors (Lipinski definition) is 1. The predicted octanol–water partition coefficient (Wildman–Crippen LogP) is 3.28. The Hall–Kier alpha value is -1.84. The molecule has 4 heteroatoms. The summed E-state index contributed by atoms with van der Waals surface area (Å²) in [5.74, 6) is 0.441. The third-order valence-corrected chi connectivity index (χ3v) is 4.41. The van der Waals surface area contributed by atoms with E-state index in [1.807, 2.05) is 32.0 Å². The van der Waals surface area contributed by atoms with E-state index in [0.717, 1.165) is 29.7 Å².